The van der Waals surface area contributed by atoms with Crippen LogP contribution in [0.3, 0.4) is 0 Å². The molecule has 0 spiro atoms. The van der Waals surface area contributed by atoms with E-state index in [2.05, 4.69) is 10.0 Å². The Kier molecular flexibility index (Phi) is 6.03. The highest BCUT2D eigenvalue weighted by atomic mass is 35.5. The van der Waals surface area contributed by atoms with Gasteiger partial charge < -0.3 is 5.32 Å². The zero-order valence-electron chi connectivity index (χ0n) is 10.9. The zero-order valence-corrected chi connectivity index (χ0v) is 12.5. The predicted octanol–water partition coefficient (Wildman–Crippen LogP) is 2.61. The molecule has 0 saturated carbocycles. The molecule has 19 heavy (non-hydrogen) atoms. The SMILES string of the molecule is CCCNCC(C)S(=O)(=O)Nc1cc(Cl)ccc1F. The topological polar surface area (TPSA) is 58.2 Å². The van der Waals surface area contributed by atoms with E-state index in [4.69, 9.17) is 11.6 Å². The first kappa shape index (κ1) is 16.2. The molecule has 2 N–H and O–H groups in total. The van der Waals surface area contributed by atoms with E-state index in [1.165, 1.54) is 12.1 Å². The van der Waals surface area contributed by atoms with E-state index in [0.29, 0.717) is 6.54 Å². The van der Waals surface area contributed by atoms with Crippen LogP contribution in [0.1, 0.15) is 20.3 Å². The third-order valence-corrected chi connectivity index (χ3v) is 4.53. The van der Waals surface area contributed by atoms with Gasteiger partial charge in [0.2, 0.25) is 10.0 Å². The highest BCUT2D eigenvalue weighted by Gasteiger charge is 2.21. The molecule has 0 amide bonds. The smallest absolute Gasteiger partial charge is 0.236 e. The highest BCUT2D eigenvalue weighted by Crippen LogP contribution is 2.21. The molecule has 1 atom stereocenters. The van der Waals surface area contributed by atoms with E-state index in [1.54, 1.807) is 6.92 Å². The second-order valence-electron chi connectivity index (χ2n) is 4.29. The summed E-state index contributed by atoms with van der Waals surface area (Å²) in [5.41, 5.74) is -0.130. The van der Waals surface area contributed by atoms with Crippen LogP contribution < -0.4 is 10.0 Å². The number of halogens is 2. The fourth-order valence-electron chi connectivity index (χ4n) is 1.42. The van der Waals surface area contributed by atoms with Crippen LogP contribution >= 0.6 is 11.6 Å². The Bertz CT molecular complexity index is 522. The van der Waals surface area contributed by atoms with Crippen LogP contribution in [0, 0.1) is 5.82 Å². The molecule has 0 heterocycles. The monoisotopic (exact) mass is 308 g/mol. The summed E-state index contributed by atoms with van der Waals surface area (Å²) in [5, 5.41) is 2.62. The van der Waals surface area contributed by atoms with E-state index < -0.39 is 21.1 Å². The molecule has 0 aliphatic heterocycles. The Balaban J connectivity index is 2.75. The molecule has 108 valence electrons. The van der Waals surface area contributed by atoms with E-state index in [1.807, 2.05) is 6.92 Å². The minimum Gasteiger partial charge on any atom is -0.315 e. The Labute approximate surface area is 118 Å². The molecule has 1 unspecified atom stereocenters. The molecule has 0 saturated heterocycles. The van der Waals surface area contributed by atoms with Gasteiger partial charge in [-0.15, -0.1) is 0 Å². The first-order valence-corrected chi connectivity index (χ1v) is 7.96. The summed E-state index contributed by atoms with van der Waals surface area (Å²) in [5.74, 6) is -0.651. The van der Waals surface area contributed by atoms with Gasteiger partial charge in [0, 0.05) is 11.6 Å². The first-order valence-electron chi connectivity index (χ1n) is 6.04. The minimum atomic E-state index is -3.64. The van der Waals surface area contributed by atoms with Gasteiger partial charge in [-0.2, -0.15) is 0 Å². The maximum absolute atomic E-state index is 13.5. The van der Waals surface area contributed by atoms with Crippen molar-refractivity contribution in [2.24, 2.45) is 0 Å². The number of rotatable bonds is 7. The number of sulfonamides is 1. The van der Waals surface area contributed by atoms with Crippen molar-refractivity contribution in [3.8, 4) is 0 Å². The molecule has 0 aliphatic carbocycles. The maximum Gasteiger partial charge on any atom is 0.236 e. The normalized spacial score (nSPS) is 13.3. The number of nitrogens with one attached hydrogen (secondary N) is 2. The third kappa shape index (κ3) is 4.97. The van der Waals surface area contributed by atoms with E-state index >= 15 is 0 Å². The van der Waals surface area contributed by atoms with E-state index in [9.17, 15) is 12.8 Å². The number of hydrogen-bond donors (Lipinski definition) is 2. The molecule has 0 aliphatic rings. The quantitative estimate of drug-likeness (QED) is 0.761. The van der Waals surface area contributed by atoms with Gasteiger partial charge in [-0.05, 0) is 38.1 Å². The molecule has 1 aromatic carbocycles. The molecule has 0 aromatic heterocycles. The number of hydrogen-bond acceptors (Lipinski definition) is 3. The average Bonchev–Trinajstić information content (AvgIpc) is 2.33. The minimum absolute atomic E-state index is 0.130. The molecular formula is C12H18ClFN2O2S. The maximum atomic E-state index is 13.5. The van der Waals surface area contributed by atoms with Crippen molar-refractivity contribution in [2.75, 3.05) is 17.8 Å². The van der Waals surface area contributed by atoms with Gasteiger partial charge >= 0.3 is 0 Å². The van der Waals surface area contributed by atoms with Crippen LogP contribution in [0.4, 0.5) is 10.1 Å². The van der Waals surface area contributed by atoms with Crippen LogP contribution in [0.5, 0.6) is 0 Å². The lowest BCUT2D eigenvalue weighted by Gasteiger charge is -2.15. The second kappa shape index (κ2) is 7.07. The zero-order chi connectivity index (χ0) is 14.5. The fraction of sp³-hybridized carbons (Fsp3) is 0.500. The van der Waals surface area contributed by atoms with Crippen molar-refractivity contribution >= 4 is 27.3 Å². The molecule has 7 heteroatoms. The van der Waals surface area contributed by atoms with Crippen molar-refractivity contribution in [3.05, 3.63) is 29.0 Å². The molecule has 0 radical (unpaired) electrons. The van der Waals surface area contributed by atoms with Crippen molar-refractivity contribution in [3.63, 3.8) is 0 Å². The Morgan fingerprint density at radius 3 is 2.74 bits per heavy atom. The van der Waals surface area contributed by atoms with Crippen molar-refractivity contribution in [2.45, 2.75) is 25.5 Å². The summed E-state index contributed by atoms with van der Waals surface area (Å²) in [6.45, 7) is 4.61. The standard InChI is InChI=1S/C12H18ClFN2O2S/c1-3-6-15-8-9(2)19(17,18)16-12-7-10(13)4-5-11(12)14/h4-5,7,9,15-16H,3,6,8H2,1-2H3. The molecule has 0 fully saturated rings. The van der Waals surface area contributed by atoms with Gasteiger partial charge in [0.25, 0.3) is 0 Å². The van der Waals surface area contributed by atoms with Crippen LogP contribution in [-0.4, -0.2) is 26.8 Å². The Morgan fingerprint density at radius 1 is 1.42 bits per heavy atom. The predicted molar refractivity (Wildman–Crippen MR) is 76.6 cm³/mol. The highest BCUT2D eigenvalue weighted by molar-refractivity contribution is 7.93. The lowest BCUT2D eigenvalue weighted by molar-refractivity contribution is 0.574. The van der Waals surface area contributed by atoms with Crippen molar-refractivity contribution < 1.29 is 12.8 Å². The van der Waals surface area contributed by atoms with Gasteiger partial charge in [-0.3, -0.25) is 4.72 Å². The van der Waals surface area contributed by atoms with E-state index in [-0.39, 0.29) is 10.7 Å². The molecular weight excluding hydrogens is 291 g/mol. The van der Waals surface area contributed by atoms with Gasteiger partial charge in [0.1, 0.15) is 5.82 Å². The van der Waals surface area contributed by atoms with E-state index in [0.717, 1.165) is 19.0 Å². The molecule has 4 nitrogen and oxygen atoms in total. The number of benzene rings is 1. The average molecular weight is 309 g/mol. The lowest BCUT2D eigenvalue weighted by Crippen LogP contribution is -2.35. The summed E-state index contributed by atoms with van der Waals surface area (Å²) in [6.07, 6.45) is 0.920. The first-order chi connectivity index (χ1) is 8.86. The summed E-state index contributed by atoms with van der Waals surface area (Å²) in [4.78, 5) is 0. The Hall–Kier alpha value is -0.850. The fourth-order valence-corrected chi connectivity index (χ4v) is 2.59. The van der Waals surface area contributed by atoms with Gasteiger partial charge in [0.15, 0.2) is 0 Å². The summed E-state index contributed by atoms with van der Waals surface area (Å²) >= 11 is 5.71. The van der Waals surface area contributed by atoms with Crippen LogP contribution in [-0.2, 0) is 10.0 Å². The Morgan fingerprint density at radius 2 is 2.11 bits per heavy atom. The summed E-state index contributed by atoms with van der Waals surface area (Å²) < 4.78 is 39.7. The second-order valence-corrected chi connectivity index (χ2v) is 6.82. The summed E-state index contributed by atoms with van der Waals surface area (Å²) in [7, 11) is -3.64. The van der Waals surface area contributed by atoms with Crippen molar-refractivity contribution in [1.82, 2.24) is 5.32 Å². The largest absolute Gasteiger partial charge is 0.315 e. The third-order valence-electron chi connectivity index (χ3n) is 2.57. The van der Waals surface area contributed by atoms with Gasteiger partial charge in [0.05, 0.1) is 10.9 Å². The van der Waals surface area contributed by atoms with Crippen LogP contribution in [0.2, 0.25) is 5.02 Å². The van der Waals surface area contributed by atoms with Crippen molar-refractivity contribution in [1.29, 1.82) is 0 Å². The van der Waals surface area contributed by atoms with Gasteiger partial charge in [-0.1, -0.05) is 18.5 Å². The van der Waals surface area contributed by atoms with Crippen LogP contribution in [0.15, 0.2) is 18.2 Å². The van der Waals surface area contributed by atoms with Gasteiger partial charge in [-0.25, -0.2) is 12.8 Å². The molecule has 0 bridgehead atoms. The van der Waals surface area contributed by atoms with Crippen LogP contribution in [0.25, 0.3) is 0 Å². The summed E-state index contributed by atoms with van der Waals surface area (Å²) in [6, 6.07) is 3.74. The molecule has 1 rings (SSSR count). The number of anilines is 1. The lowest BCUT2D eigenvalue weighted by atomic mass is 10.3. The molecule has 1 aromatic rings.